The average Bonchev–Trinajstić information content (AvgIpc) is 3.03. The van der Waals surface area contributed by atoms with Gasteiger partial charge in [-0.3, -0.25) is 9.25 Å². The van der Waals surface area contributed by atoms with Crippen molar-refractivity contribution < 1.29 is 0 Å². The van der Waals surface area contributed by atoms with Crippen LogP contribution in [0.15, 0.2) is 0 Å². The fourth-order valence-electron chi connectivity index (χ4n) is 4.17. The minimum absolute atomic E-state index is 0.597. The van der Waals surface area contributed by atoms with Gasteiger partial charge < -0.3 is 4.98 Å². The Hall–Kier alpha value is -1.10. The second kappa shape index (κ2) is 3.47. The maximum absolute atomic E-state index is 5.54. The van der Waals surface area contributed by atoms with Gasteiger partial charge in [0.1, 0.15) is 5.52 Å². The summed E-state index contributed by atoms with van der Waals surface area (Å²) >= 11 is 5.54. The standard InChI is InChI=1S/C13H18N4S/c1-7-11-12(16(2)15-7)17(13(18)14-11)10-6-8-3-4-9(10)5-8/h8-10H,3-6H2,1-2H3,(H,14,18). The largest absolute Gasteiger partial charge is 0.328 e. The number of aryl methyl sites for hydroxylation is 2. The van der Waals surface area contributed by atoms with Crippen LogP contribution in [0.25, 0.3) is 11.2 Å². The molecule has 2 aliphatic carbocycles. The first-order valence-electron chi connectivity index (χ1n) is 6.79. The number of hydrogen-bond acceptors (Lipinski definition) is 2. The summed E-state index contributed by atoms with van der Waals surface area (Å²) in [6, 6.07) is 0.597. The van der Waals surface area contributed by atoms with Gasteiger partial charge in [0.15, 0.2) is 10.4 Å². The summed E-state index contributed by atoms with van der Waals surface area (Å²) < 4.78 is 5.19. The summed E-state index contributed by atoms with van der Waals surface area (Å²) in [5.74, 6) is 1.76. The van der Waals surface area contributed by atoms with Crippen LogP contribution < -0.4 is 0 Å². The molecule has 1 N–H and O–H groups in total. The van der Waals surface area contributed by atoms with Gasteiger partial charge in [0.2, 0.25) is 0 Å². The van der Waals surface area contributed by atoms with Crippen LogP contribution in [0.4, 0.5) is 0 Å². The Bertz CT molecular complexity index is 677. The molecule has 3 unspecified atom stereocenters. The predicted octanol–water partition coefficient (Wildman–Crippen LogP) is 3.10. The van der Waals surface area contributed by atoms with E-state index in [1.54, 1.807) is 0 Å². The van der Waals surface area contributed by atoms with Crippen LogP contribution in [-0.2, 0) is 7.05 Å². The highest BCUT2D eigenvalue weighted by atomic mass is 32.1. The Morgan fingerprint density at radius 2 is 2.17 bits per heavy atom. The molecule has 4 nitrogen and oxygen atoms in total. The molecule has 3 atom stereocenters. The highest BCUT2D eigenvalue weighted by Gasteiger charge is 2.41. The molecule has 2 heterocycles. The summed E-state index contributed by atoms with van der Waals surface area (Å²) in [6.45, 7) is 2.04. The van der Waals surface area contributed by atoms with Gasteiger partial charge in [0, 0.05) is 13.1 Å². The SMILES string of the molecule is Cc1nn(C)c2c1[nH]c(=S)n2C1CC2CCC1C2. The van der Waals surface area contributed by atoms with Gasteiger partial charge in [-0.1, -0.05) is 6.42 Å². The molecule has 4 rings (SSSR count). The van der Waals surface area contributed by atoms with Crippen LogP contribution in [0.3, 0.4) is 0 Å². The fourth-order valence-corrected chi connectivity index (χ4v) is 4.49. The lowest BCUT2D eigenvalue weighted by Crippen LogP contribution is -2.17. The average molecular weight is 262 g/mol. The van der Waals surface area contributed by atoms with E-state index < -0.39 is 0 Å². The van der Waals surface area contributed by atoms with Crippen LogP contribution in [0.1, 0.15) is 37.4 Å². The van der Waals surface area contributed by atoms with Crippen LogP contribution in [0.5, 0.6) is 0 Å². The summed E-state index contributed by atoms with van der Waals surface area (Å²) in [7, 11) is 2.02. The maximum Gasteiger partial charge on any atom is 0.179 e. The molecule has 2 aliphatic rings. The van der Waals surface area contributed by atoms with E-state index >= 15 is 0 Å². The summed E-state index contributed by atoms with van der Waals surface area (Å²) in [4.78, 5) is 3.35. The third-order valence-electron chi connectivity index (χ3n) is 4.90. The number of H-pyrrole nitrogens is 1. The molecule has 0 aliphatic heterocycles. The van der Waals surface area contributed by atoms with E-state index in [0.29, 0.717) is 6.04 Å². The minimum Gasteiger partial charge on any atom is -0.328 e. The maximum atomic E-state index is 5.54. The zero-order chi connectivity index (χ0) is 12.4. The number of fused-ring (bicyclic) bond motifs is 3. The first-order valence-corrected chi connectivity index (χ1v) is 7.20. The summed E-state index contributed by atoms with van der Waals surface area (Å²) in [5.41, 5.74) is 3.33. The Balaban J connectivity index is 1.94. The molecule has 2 saturated carbocycles. The molecular formula is C13H18N4S. The minimum atomic E-state index is 0.597. The second-order valence-electron chi connectivity index (χ2n) is 5.95. The summed E-state index contributed by atoms with van der Waals surface area (Å²) in [6.07, 6.45) is 5.50. The van der Waals surface area contributed by atoms with Gasteiger partial charge in [-0.05, 0) is 50.2 Å². The highest BCUT2D eigenvalue weighted by molar-refractivity contribution is 7.71. The van der Waals surface area contributed by atoms with E-state index in [2.05, 4.69) is 14.6 Å². The van der Waals surface area contributed by atoms with Crippen molar-refractivity contribution in [1.29, 1.82) is 0 Å². The molecule has 2 aromatic heterocycles. The van der Waals surface area contributed by atoms with Crippen molar-refractivity contribution in [3.05, 3.63) is 10.5 Å². The Kier molecular flexibility index (Phi) is 2.08. The number of rotatable bonds is 1. The van der Waals surface area contributed by atoms with Gasteiger partial charge in [0.25, 0.3) is 0 Å². The Morgan fingerprint density at radius 1 is 1.33 bits per heavy atom. The fraction of sp³-hybridized carbons (Fsp3) is 0.692. The van der Waals surface area contributed by atoms with Crippen LogP contribution in [-0.4, -0.2) is 19.3 Å². The monoisotopic (exact) mass is 262 g/mol. The lowest BCUT2D eigenvalue weighted by atomic mass is 9.95. The molecule has 2 fully saturated rings. The van der Waals surface area contributed by atoms with E-state index in [1.807, 2.05) is 18.7 Å². The normalized spacial score (nSPS) is 30.7. The van der Waals surface area contributed by atoms with Crippen molar-refractivity contribution in [2.45, 2.75) is 38.6 Å². The molecular weight excluding hydrogens is 244 g/mol. The molecule has 2 bridgehead atoms. The zero-order valence-corrected chi connectivity index (χ0v) is 11.6. The third kappa shape index (κ3) is 1.25. The van der Waals surface area contributed by atoms with E-state index in [4.69, 9.17) is 12.2 Å². The second-order valence-corrected chi connectivity index (χ2v) is 6.34. The molecule has 5 heteroatoms. The molecule has 0 amide bonds. The Labute approximate surface area is 111 Å². The van der Waals surface area contributed by atoms with Gasteiger partial charge in [-0.2, -0.15) is 5.10 Å². The van der Waals surface area contributed by atoms with Gasteiger partial charge in [-0.25, -0.2) is 0 Å². The molecule has 96 valence electrons. The van der Waals surface area contributed by atoms with Crippen molar-refractivity contribution >= 4 is 23.4 Å². The van der Waals surface area contributed by atoms with E-state index in [-0.39, 0.29) is 0 Å². The van der Waals surface area contributed by atoms with Crippen LogP contribution in [0, 0.1) is 23.5 Å². The molecule has 2 aromatic rings. The van der Waals surface area contributed by atoms with E-state index in [0.717, 1.165) is 27.8 Å². The third-order valence-corrected chi connectivity index (χ3v) is 5.20. The molecule has 0 saturated heterocycles. The number of nitrogens with zero attached hydrogens (tertiary/aromatic N) is 3. The highest BCUT2D eigenvalue weighted by Crippen LogP contribution is 2.51. The van der Waals surface area contributed by atoms with Crippen LogP contribution >= 0.6 is 12.2 Å². The van der Waals surface area contributed by atoms with Gasteiger partial charge in [-0.15, -0.1) is 0 Å². The van der Waals surface area contributed by atoms with Crippen molar-refractivity contribution in [1.82, 2.24) is 19.3 Å². The number of aromatic amines is 1. The number of aromatic nitrogens is 4. The van der Waals surface area contributed by atoms with Crippen molar-refractivity contribution in [3.8, 4) is 0 Å². The van der Waals surface area contributed by atoms with E-state index in [9.17, 15) is 0 Å². The zero-order valence-electron chi connectivity index (χ0n) is 10.8. The smallest absolute Gasteiger partial charge is 0.179 e. The predicted molar refractivity (Wildman–Crippen MR) is 73.1 cm³/mol. The number of hydrogen-bond donors (Lipinski definition) is 1. The number of nitrogens with one attached hydrogen (secondary N) is 1. The topological polar surface area (TPSA) is 38.5 Å². The van der Waals surface area contributed by atoms with Gasteiger partial charge in [0.05, 0.1) is 5.69 Å². The van der Waals surface area contributed by atoms with E-state index in [1.165, 1.54) is 31.3 Å². The molecule has 0 aromatic carbocycles. The summed E-state index contributed by atoms with van der Waals surface area (Å²) in [5, 5.41) is 4.50. The Morgan fingerprint density at radius 3 is 2.83 bits per heavy atom. The van der Waals surface area contributed by atoms with Crippen LogP contribution in [0.2, 0.25) is 0 Å². The van der Waals surface area contributed by atoms with Crippen molar-refractivity contribution in [2.75, 3.05) is 0 Å². The molecule has 18 heavy (non-hydrogen) atoms. The quantitative estimate of drug-likeness (QED) is 0.802. The van der Waals surface area contributed by atoms with Gasteiger partial charge >= 0.3 is 0 Å². The molecule has 0 radical (unpaired) electrons. The first-order chi connectivity index (χ1) is 8.65. The van der Waals surface area contributed by atoms with Crippen molar-refractivity contribution in [2.24, 2.45) is 18.9 Å². The van der Waals surface area contributed by atoms with Crippen molar-refractivity contribution in [3.63, 3.8) is 0 Å². The first kappa shape index (κ1) is 10.8. The lowest BCUT2D eigenvalue weighted by Gasteiger charge is -2.23. The number of imidazole rings is 1. The lowest BCUT2D eigenvalue weighted by molar-refractivity contribution is 0.330. The molecule has 0 spiro atoms.